The van der Waals surface area contributed by atoms with Crippen molar-refractivity contribution < 1.29 is 24.2 Å². The molecule has 0 radical (unpaired) electrons. The van der Waals surface area contributed by atoms with Crippen molar-refractivity contribution in [3.63, 3.8) is 0 Å². The van der Waals surface area contributed by atoms with E-state index < -0.39 is 11.9 Å². The number of epoxide rings is 1. The van der Waals surface area contributed by atoms with E-state index in [4.69, 9.17) is 14.6 Å². The average Bonchev–Trinajstić information content (AvgIpc) is 3.08. The molecular weight excluding hydrogens is 224 g/mol. The van der Waals surface area contributed by atoms with Crippen LogP contribution in [0.4, 0.5) is 0 Å². The van der Waals surface area contributed by atoms with Gasteiger partial charge in [0.25, 0.3) is 0 Å². The van der Waals surface area contributed by atoms with Crippen LogP contribution in [-0.2, 0) is 19.1 Å². The zero-order chi connectivity index (χ0) is 13.0. The fraction of sp³-hybridized carbons (Fsp3) is 0.500. The summed E-state index contributed by atoms with van der Waals surface area (Å²) in [5.74, 6) is -1.44. The van der Waals surface area contributed by atoms with Crippen LogP contribution in [0.3, 0.4) is 0 Å². The number of hydrogen-bond acceptors (Lipinski definition) is 4. The number of carbonyl (C=O) groups is 2. The number of carboxylic acids is 1. The molecule has 1 aliphatic heterocycles. The van der Waals surface area contributed by atoms with E-state index in [0.29, 0.717) is 17.8 Å². The molecule has 0 aromatic carbocycles. The van der Waals surface area contributed by atoms with Gasteiger partial charge >= 0.3 is 11.9 Å². The molecule has 94 valence electrons. The molecule has 1 unspecified atom stereocenters. The smallest absolute Gasteiger partial charge is 0.334 e. The Balaban J connectivity index is 2.62. The van der Waals surface area contributed by atoms with Crippen molar-refractivity contribution in [3.8, 4) is 0 Å². The Morgan fingerprint density at radius 1 is 1.41 bits per heavy atom. The summed E-state index contributed by atoms with van der Waals surface area (Å²) in [5.41, 5.74) is 1.18. The summed E-state index contributed by atoms with van der Waals surface area (Å²) in [4.78, 5) is 22.2. The third kappa shape index (κ3) is 4.40. The lowest BCUT2D eigenvalue weighted by molar-refractivity contribution is -0.139. The average molecular weight is 240 g/mol. The van der Waals surface area contributed by atoms with Crippen LogP contribution in [0.25, 0.3) is 0 Å². The van der Waals surface area contributed by atoms with Gasteiger partial charge in [-0.05, 0) is 32.4 Å². The van der Waals surface area contributed by atoms with E-state index in [1.807, 2.05) is 0 Å². The molecule has 1 aliphatic rings. The van der Waals surface area contributed by atoms with Crippen molar-refractivity contribution in [2.45, 2.75) is 26.9 Å². The molecule has 5 heteroatoms. The number of aliphatic carboxylic acids is 1. The SMILES string of the molecule is CC(=CC(C)=C(C)C(=O)OCC1CO1)C(=O)O. The highest BCUT2D eigenvalue weighted by atomic mass is 16.6. The van der Waals surface area contributed by atoms with Gasteiger partial charge in [0.15, 0.2) is 0 Å². The molecule has 1 N–H and O–H groups in total. The van der Waals surface area contributed by atoms with Crippen molar-refractivity contribution in [2.75, 3.05) is 13.2 Å². The standard InChI is InChI=1S/C12H16O5/c1-7(4-8(2)11(13)14)9(3)12(15)17-6-10-5-16-10/h4,10H,5-6H2,1-3H3,(H,13,14). The van der Waals surface area contributed by atoms with Crippen molar-refractivity contribution in [2.24, 2.45) is 0 Å². The van der Waals surface area contributed by atoms with E-state index in [1.54, 1.807) is 13.8 Å². The Hall–Kier alpha value is -1.62. The predicted octanol–water partition coefficient (Wildman–Crippen LogP) is 1.30. The van der Waals surface area contributed by atoms with Gasteiger partial charge in [-0.2, -0.15) is 0 Å². The Morgan fingerprint density at radius 2 is 2.00 bits per heavy atom. The van der Waals surface area contributed by atoms with E-state index in [9.17, 15) is 9.59 Å². The minimum Gasteiger partial charge on any atom is -0.478 e. The van der Waals surface area contributed by atoms with Crippen LogP contribution >= 0.6 is 0 Å². The summed E-state index contributed by atoms with van der Waals surface area (Å²) in [5, 5.41) is 8.71. The van der Waals surface area contributed by atoms with Crippen molar-refractivity contribution in [1.82, 2.24) is 0 Å². The second kappa shape index (κ2) is 5.63. The molecular formula is C12H16O5. The molecule has 0 saturated carbocycles. The molecule has 0 bridgehead atoms. The highest BCUT2D eigenvalue weighted by molar-refractivity contribution is 5.91. The minimum absolute atomic E-state index is 0.0309. The van der Waals surface area contributed by atoms with E-state index in [1.165, 1.54) is 13.0 Å². The van der Waals surface area contributed by atoms with Gasteiger partial charge in [-0.25, -0.2) is 9.59 Å². The quantitative estimate of drug-likeness (QED) is 0.339. The van der Waals surface area contributed by atoms with Gasteiger partial charge in [0.05, 0.1) is 6.61 Å². The predicted molar refractivity (Wildman–Crippen MR) is 60.5 cm³/mol. The maximum Gasteiger partial charge on any atom is 0.334 e. The van der Waals surface area contributed by atoms with Gasteiger partial charge in [0.2, 0.25) is 0 Å². The first-order chi connectivity index (χ1) is 7.91. The van der Waals surface area contributed by atoms with Gasteiger partial charge in [-0.1, -0.05) is 0 Å². The van der Waals surface area contributed by atoms with Crippen LogP contribution in [0.15, 0.2) is 22.8 Å². The summed E-state index contributed by atoms with van der Waals surface area (Å²) < 4.78 is 9.90. The van der Waals surface area contributed by atoms with E-state index >= 15 is 0 Å². The number of hydrogen-bond donors (Lipinski definition) is 1. The van der Waals surface area contributed by atoms with Gasteiger partial charge < -0.3 is 14.6 Å². The van der Waals surface area contributed by atoms with Crippen LogP contribution in [0.1, 0.15) is 20.8 Å². The molecule has 0 aliphatic carbocycles. The van der Waals surface area contributed by atoms with Crippen LogP contribution in [0.2, 0.25) is 0 Å². The third-order valence-corrected chi connectivity index (χ3v) is 2.47. The van der Waals surface area contributed by atoms with Gasteiger partial charge in [-0.15, -0.1) is 0 Å². The lowest BCUT2D eigenvalue weighted by atomic mass is 10.1. The zero-order valence-corrected chi connectivity index (χ0v) is 10.1. The van der Waals surface area contributed by atoms with Crippen molar-refractivity contribution >= 4 is 11.9 Å². The molecule has 5 nitrogen and oxygen atoms in total. The van der Waals surface area contributed by atoms with Gasteiger partial charge in [-0.3, -0.25) is 0 Å². The van der Waals surface area contributed by atoms with Gasteiger partial charge in [0.1, 0.15) is 12.7 Å². The number of allylic oxidation sites excluding steroid dienone is 2. The number of esters is 1. The van der Waals surface area contributed by atoms with Gasteiger partial charge in [0, 0.05) is 11.1 Å². The second-order valence-electron chi connectivity index (χ2n) is 3.99. The molecule has 1 atom stereocenters. The topological polar surface area (TPSA) is 76.1 Å². The maximum atomic E-state index is 11.6. The number of carboxylic acid groups (broad SMARTS) is 1. The van der Waals surface area contributed by atoms with E-state index in [0.717, 1.165) is 0 Å². The van der Waals surface area contributed by atoms with Crippen molar-refractivity contribution in [1.29, 1.82) is 0 Å². The largest absolute Gasteiger partial charge is 0.478 e. The fourth-order valence-corrected chi connectivity index (χ4v) is 1.10. The highest BCUT2D eigenvalue weighted by Gasteiger charge is 2.24. The second-order valence-corrected chi connectivity index (χ2v) is 3.99. The molecule has 0 aromatic heterocycles. The summed E-state index contributed by atoms with van der Waals surface area (Å²) in [6.45, 7) is 5.65. The molecule has 1 saturated heterocycles. The summed E-state index contributed by atoms with van der Waals surface area (Å²) in [7, 11) is 0. The maximum absolute atomic E-state index is 11.6. The Kier molecular flexibility index (Phi) is 4.45. The summed E-state index contributed by atoms with van der Waals surface area (Å²) >= 11 is 0. The molecule has 0 spiro atoms. The summed E-state index contributed by atoms with van der Waals surface area (Å²) in [6, 6.07) is 0. The van der Waals surface area contributed by atoms with Crippen molar-refractivity contribution in [3.05, 3.63) is 22.8 Å². The monoisotopic (exact) mass is 240 g/mol. The molecule has 1 rings (SSSR count). The van der Waals surface area contributed by atoms with Crippen LogP contribution < -0.4 is 0 Å². The molecule has 17 heavy (non-hydrogen) atoms. The first-order valence-electron chi connectivity index (χ1n) is 5.29. The molecule has 0 amide bonds. The first kappa shape index (κ1) is 13.4. The minimum atomic E-state index is -1.00. The number of carbonyl (C=O) groups excluding carboxylic acids is 1. The Bertz CT molecular complexity index is 388. The normalized spacial score (nSPS) is 20.6. The van der Waals surface area contributed by atoms with E-state index in [-0.39, 0.29) is 18.3 Å². The number of rotatable bonds is 5. The van der Waals surface area contributed by atoms with Crippen LogP contribution in [0.5, 0.6) is 0 Å². The first-order valence-corrected chi connectivity index (χ1v) is 5.29. The van der Waals surface area contributed by atoms with Crippen LogP contribution in [0, 0.1) is 0 Å². The third-order valence-electron chi connectivity index (χ3n) is 2.47. The zero-order valence-electron chi connectivity index (χ0n) is 10.1. The fourth-order valence-electron chi connectivity index (χ4n) is 1.10. The lowest BCUT2D eigenvalue weighted by Gasteiger charge is -2.05. The van der Waals surface area contributed by atoms with E-state index in [2.05, 4.69) is 0 Å². The lowest BCUT2D eigenvalue weighted by Crippen LogP contribution is -2.11. The Morgan fingerprint density at radius 3 is 2.47 bits per heavy atom. The molecule has 1 fully saturated rings. The molecule has 0 aromatic rings. The number of ether oxygens (including phenoxy) is 2. The highest BCUT2D eigenvalue weighted by Crippen LogP contribution is 2.13. The Labute approximate surface area is 99.7 Å². The summed E-state index contributed by atoms with van der Waals surface area (Å²) in [6.07, 6.45) is 1.48. The molecule has 1 heterocycles. The van der Waals surface area contributed by atoms with Crippen LogP contribution in [-0.4, -0.2) is 36.4 Å².